The Bertz CT molecular complexity index is 538. The second-order valence-electron chi connectivity index (χ2n) is 5.37. The second kappa shape index (κ2) is 5.01. The Hall–Kier alpha value is -1.50. The van der Waals surface area contributed by atoms with Crippen LogP contribution in [-0.2, 0) is 0 Å². The van der Waals surface area contributed by atoms with E-state index in [1.165, 1.54) is 54.1 Å². The zero-order valence-corrected chi connectivity index (χ0v) is 11.1. The summed E-state index contributed by atoms with van der Waals surface area (Å²) < 4.78 is 0. The second-order valence-corrected chi connectivity index (χ2v) is 5.37. The van der Waals surface area contributed by atoms with E-state index in [0.717, 1.165) is 5.92 Å². The van der Waals surface area contributed by atoms with Gasteiger partial charge in [-0.2, -0.15) is 0 Å². The minimum atomic E-state index is 0.755. The third-order valence-corrected chi connectivity index (χ3v) is 4.23. The zero-order chi connectivity index (χ0) is 12.4. The van der Waals surface area contributed by atoms with Gasteiger partial charge in [0, 0.05) is 12.7 Å². The van der Waals surface area contributed by atoms with Crippen molar-refractivity contribution in [3.63, 3.8) is 0 Å². The van der Waals surface area contributed by atoms with Crippen molar-refractivity contribution in [2.75, 3.05) is 12.4 Å². The lowest BCUT2D eigenvalue weighted by molar-refractivity contribution is 0.444. The first-order chi connectivity index (χ1) is 8.88. The van der Waals surface area contributed by atoms with Gasteiger partial charge in [-0.15, -0.1) is 0 Å². The van der Waals surface area contributed by atoms with Gasteiger partial charge in [-0.05, 0) is 47.2 Å². The zero-order valence-electron chi connectivity index (χ0n) is 11.1. The number of rotatable bonds is 2. The normalized spacial score (nSPS) is 16.9. The molecule has 1 heteroatoms. The quantitative estimate of drug-likeness (QED) is 0.783. The van der Waals surface area contributed by atoms with E-state index in [1.54, 1.807) is 0 Å². The molecule has 0 atom stereocenters. The number of anilines is 1. The van der Waals surface area contributed by atoms with Gasteiger partial charge in [0.15, 0.2) is 0 Å². The van der Waals surface area contributed by atoms with Crippen LogP contribution in [-0.4, -0.2) is 7.05 Å². The number of nitrogens with one attached hydrogen (secondary N) is 1. The van der Waals surface area contributed by atoms with Crippen LogP contribution in [0.4, 0.5) is 5.69 Å². The van der Waals surface area contributed by atoms with Gasteiger partial charge in [-0.25, -0.2) is 0 Å². The summed E-state index contributed by atoms with van der Waals surface area (Å²) in [5.74, 6) is 0.755. The molecule has 0 spiro atoms. The van der Waals surface area contributed by atoms with E-state index < -0.39 is 0 Å². The van der Waals surface area contributed by atoms with Crippen molar-refractivity contribution in [2.45, 2.75) is 38.0 Å². The van der Waals surface area contributed by atoms with Crippen LogP contribution >= 0.6 is 0 Å². The molecule has 18 heavy (non-hydrogen) atoms. The molecule has 1 N–H and O–H groups in total. The summed E-state index contributed by atoms with van der Waals surface area (Å²) >= 11 is 0. The van der Waals surface area contributed by atoms with E-state index in [-0.39, 0.29) is 0 Å². The molecule has 1 nitrogen and oxygen atoms in total. The Morgan fingerprint density at radius 1 is 0.944 bits per heavy atom. The summed E-state index contributed by atoms with van der Waals surface area (Å²) in [4.78, 5) is 0. The lowest BCUT2D eigenvalue weighted by Crippen LogP contribution is -2.07. The highest BCUT2D eigenvalue weighted by Gasteiger charge is 2.18. The van der Waals surface area contributed by atoms with Crippen LogP contribution in [0.25, 0.3) is 10.8 Å². The van der Waals surface area contributed by atoms with E-state index in [1.807, 2.05) is 7.05 Å². The lowest BCUT2D eigenvalue weighted by atomic mass is 9.82. The maximum absolute atomic E-state index is 3.39. The van der Waals surface area contributed by atoms with Gasteiger partial charge in [-0.3, -0.25) is 0 Å². The van der Waals surface area contributed by atoms with E-state index in [4.69, 9.17) is 0 Å². The van der Waals surface area contributed by atoms with E-state index in [2.05, 4.69) is 41.7 Å². The van der Waals surface area contributed by atoms with Crippen LogP contribution in [0, 0.1) is 0 Å². The molecule has 0 aromatic heterocycles. The molecule has 0 unspecified atom stereocenters. The summed E-state index contributed by atoms with van der Waals surface area (Å²) in [5.41, 5.74) is 2.84. The molecule has 0 aliphatic heterocycles. The fourth-order valence-corrected chi connectivity index (χ4v) is 3.23. The van der Waals surface area contributed by atoms with Gasteiger partial charge in [-0.1, -0.05) is 43.5 Å². The minimum absolute atomic E-state index is 0.755. The van der Waals surface area contributed by atoms with Crippen molar-refractivity contribution < 1.29 is 0 Å². The Morgan fingerprint density at radius 2 is 1.61 bits per heavy atom. The Kier molecular flexibility index (Phi) is 3.22. The van der Waals surface area contributed by atoms with Gasteiger partial charge in [0.25, 0.3) is 0 Å². The molecular formula is C17H21N. The first-order valence-corrected chi connectivity index (χ1v) is 7.09. The topological polar surface area (TPSA) is 12.0 Å². The highest BCUT2D eigenvalue weighted by atomic mass is 14.8. The largest absolute Gasteiger partial charge is 0.388 e. The maximum Gasteiger partial charge on any atom is 0.0379 e. The van der Waals surface area contributed by atoms with Crippen molar-refractivity contribution in [1.82, 2.24) is 0 Å². The van der Waals surface area contributed by atoms with Gasteiger partial charge < -0.3 is 5.32 Å². The third-order valence-electron chi connectivity index (χ3n) is 4.23. The Morgan fingerprint density at radius 3 is 2.28 bits per heavy atom. The van der Waals surface area contributed by atoms with Gasteiger partial charge in [0.1, 0.15) is 0 Å². The molecule has 1 fully saturated rings. The molecule has 2 aromatic carbocycles. The molecule has 0 radical (unpaired) electrons. The van der Waals surface area contributed by atoms with E-state index in [9.17, 15) is 0 Å². The smallest absolute Gasteiger partial charge is 0.0379 e. The van der Waals surface area contributed by atoms with E-state index >= 15 is 0 Å². The average molecular weight is 239 g/mol. The van der Waals surface area contributed by atoms with Crippen LogP contribution in [0.15, 0.2) is 36.4 Å². The fraction of sp³-hybridized carbons (Fsp3) is 0.412. The van der Waals surface area contributed by atoms with Crippen molar-refractivity contribution >= 4 is 16.5 Å². The third kappa shape index (κ3) is 2.10. The van der Waals surface area contributed by atoms with Gasteiger partial charge in [0.05, 0.1) is 0 Å². The van der Waals surface area contributed by atoms with Crippen LogP contribution in [0.1, 0.15) is 43.6 Å². The SMILES string of the molecule is CNc1cc2ccccc2cc1C1CCCCC1. The van der Waals surface area contributed by atoms with Crippen LogP contribution in [0.2, 0.25) is 0 Å². The molecule has 0 heterocycles. The summed E-state index contributed by atoms with van der Waals surface area (Å²) in [5, 5.41) is 6.09. The average Bonchev–Trinajstić information content (AvgIpc) is 2.46. The molecule has 94 valence electrons. The van der Waals surface area contributed by atoms with Crippen LogP contribution < -0.4 is 5.32 Å². The molecule has 0 amide bonds. The molecule has 3 rings (SSSR count). The predicted octanol–water partition coefficient (Wildman–Crippen LogP) is 4.93. The number of hydrogen-bond donors (Lipinski definition) is 1. The first-order valence-electron chi connectivity index (χ1n) is 7.09. The first kappa shape index (κ1) is 11.6. The van der Waals surface area contributed by atoms with Crippen molar-refractivity contribution in [2.24, 2.45) is 0 Å². The Balaban J connectivity index is 2.08. The maximum atomic E-state index is 3.39. The molecule has 1 aliphatic rings. The fourth-order valence-electron chi connectivity index (χ4n) is 3.23. The predicted molar refractivity (Wildman–Crippen MR) is 79.3 cm³/mol. The summed E-state index contributed by atoms with van der Waals surface area (Å²) in [6.45, 7) is 0. The highest BCUT2D eigenvalue weighted by molar-refractivity contribution is 5.87. The van der Waals surface area contributed by atoms with Crippen molar-refractivity contribution in [1.29, 1.82) is 0 Å². The standard InChI is InChI=1S/C17H21N/c1-18-17-12-15-10-6-5-9-14(15)11-16(17)13-7-3-2-4-8-13/h5-6,9-13,18H,2-4,7-8H2,1H3. The Labute approximate surface area is 109 Å². The van der Waals surface area contributed by atoms with Crippen molar-refractivity contribution in [3.8, 4) is 0 Å². The molecular weight excluding hydrogens is 218 g/mol. The molecule has 1 aliphatic carbocycles. The summed E-state index contributed by atoms with van der Waals surface area (Å²) in [7, 11) is 2.04. The number of hydrogen-bond acceptors (Lipinski definition) is 1. The lowest BCUT2D eigenvalue weighted by Gasteiger charge is -2.24. The molecule has 0 bridgehead atoms. The molecule has 0 saturated heterocycles. The van der Waals surface area contributed by atoms with E-state index in [0.29, 0.717) is 0 Å². The van der Waals surface area contributed by atoms with Crippen LogP contribution in [0.5, 0.6) is 0 Å². The minimum Gasteiger partial charge on any atom is -0.388 e. The summed E-state index contributed by atoms with van der Waals surface area (Å²) in [6.07, 6.45) is 6.90. The highest BCUT2D eigenvalue weighted by Crippen LogP contribution is 2.38. The number of fused-ring (bicyclic) bond motifs is 1. The number of benzene rings is 2. The van der Waals surface area contributed by atoms with Crippen LogP contribution in [0.3, 0.4) is 0 Å². The van der Waals surface area contributed by atoms with Gasteiger partial charge >= 0.3 is 0 Å². The summed E-state index contributed by atoms with van der Waals surface area (Å²) in [6, 6.07) is 13.4. The molecule has 1 saturated carbocycles. The molecule has 2 aromatic rings. The monoisotopic (exact) mass is 239 g/mol. The van der Waals surface area contributed by atoms with Gasteiger partial charge in [0.2, 0.25) is 0 Å². The van der Waals surface area contributed by atoms with Crippen molar-refractivity contribution in [3.05, 3.63) is 42.0 Å².